The number of hydrogen-bond acceptors (Lipinski definition) is 5. The normalized spacial score (nSPS) is 11.8. The molecule has 0 unspecified atom stereocenters. The van der Waals surface area contributed by atoms with Crippen molar-refractivity contribution in [2.75, 3.05) is 13.2 Å². The van der Waals surface area contributed by atoms with Gasteiger partial charge in [0.25, 0.3) is 0 Å². The van der Waals surface area contributed by atoms with Crippen LogP contribution in [0.1, 0.15) is 17.4 Å². The zero-order chi connectivity index (χ0) is 19.3. The average Bonchev–Trinajstić information content (AvgIpc) is 3.34. The van der Waals surface area contributed by atoms with E-state index in [1.165, 1.54) is 29.0 Å². The number of furan rings is 1. The Balaban J connectivity index is 1.87. The molecule has 0 bridgehead atoms. The topological polar surface area (TPSA) is 59.8 Å². The molecule has 0 saturated carbocycles. The van der Waals surface area contributed by atoms with Gasteiger partial charge >= 0.3 is 0 Å². The molecule has 5 nitrogen and oxygen atoms in total. The first-order chi connectivity index (χ1) is 13.0. The van der Waals surface area contributed by atoms with E-state index in [2.05, 4.69) is 0 Å². The van der Waals surface area contributed by atoms with Gasteiger partial charge in [0.2, 0.25) is 10.0 Å². The number of nitrogens with zero attached hydrogens (tertiary/aromatic N) is 1. The maximum absolute atomic E-state index is 14.2. The SMILES string of the molecule is CCOc1ccc(S(=O)(=O)N(CCc2cccs2)Cc2ccoc2)cc1F. The van der Waals surface area contributed by atoms with Gasteiger partial charge in [-0.15, -0.1) is 11.3 Å². The lowest BCUT2D eigenvalue weighted by molar-refractivity contribution is 0.321. The van der Waals surface area contributed by atoms with Crippen LogP contribution in [0.4, 0.5) is 4.39 Å². The molecule has 0 fully saturated rings. The fourth-order valence-corrected chi connectivity index (χ4v) is 4.76. The van der Waals surface area contributed by atoms with Crippen molar-refractivity contribution < 1.29 is 22.0 Å². The summed E-state index contributed by atoms with van der Waals surface area (Å²) in [6.45, 7) is 2.47. The summed E-state index contributed by atoms with van der Waals surface area (Å²) in [5.74, 6) is -0.657. The molecule has 8 heteroatoms. The molecule has 2 heterocycles. The maximum Gasteiger partial charge on any atom is 0.243 e. The Morgan fingerprint density at radius 3 is 2.74 bits per heavy atom. The molecular formula is C19H20FNO4S2. The lowest BCUT2D eigenvalue weighted by Crippen LogP contribution is -2.32. The molecule has 0 amide bonds. The Bertz CT molecular complexity index is 954. The summed E-state index contributed by atoms with van der Waals surface area (Å²) in [6.07, 6.45) is 3.58. The third kappa shape index (κ3) is 4.77. The molecule has 1 aromatic carbocycles. The zero-order valence-corrected chi connectivity index (χ0v) is 16.4. The van der Waals surface area contributed by atoms with E-state index in [0.29, 0.717) is 13.0 Å². The fourth-order valence-electron chi connectivity index (χ4n) is 2.62. The van der Waals surface area contributed by atoms with E-state index in [1.54, 1.807) is 24.3 Å². The number of halogens is 1. The van der Waals surface area contributed by atoms with Crippen molar-refractivity contribution in [1.29, 1.82) is 0 Å². The van der Waals surface area contributed by atoms with Crippen LogP contribution in [0.15, 0.2) is 63.6 Å². The predicted octanol–water partition coefficient (Wildman–Crippen LogP) is 4.31. The van der Waals surface area contributed by atoms with Crippen molar-refractivity contribution in [2.45, 2.75) is 24.8 Å². The quantitative estimate of drug-likeness (QED) is 0.528. The van der Waals surface area contributed by atoms with Crippen molar-refractivity contribution in [3.63, 3.8) is 0 Å². The van der Waals surface area contributed by atoms with E-state index >= 15 is 0 Å². The number of ether oxygens (including phenoxy) is 1. The van der Waals surface area contributed by atoms with Crippen LogP contribution in [0, 0.1) is 5.82 Å². The van der Waals surface area contributed by atoms with Gasteiger partial charge in [0.05, 0.1) is 24.0 Å². The predicted molar refractivity (Wildman–Crippen MR) is 102 cm³/mol. The minimum Gasteiger partial charge on any atom is -0.491 e. The molecule has 2 aromatic heterocycles. The van der Waals surface area contributed by atoms with E-state index < -0.39 is 15.8 Å². The number of sulfonamides is 1. The first kappa shape index (κ1) is 19.6. The van der Waals surface area contributed by atoms with Gasteiger partial charge in [0.15, 0.2) is 11.6 Å². The summed E-state index contributed by atoms with van der Waals surface area (Å²) in [7, 11) is -3.88. The van der Waals surface area contributed by atoms with Crippen molar-refractivity contribution in [2.24, 2.45) is 0 Å². The van der Waals surface area contributed by atoms with Crippen molar-refractivity contribution in [3.05, 3.63) is 70.6 Å². The van der Waals surface area contributed by atoms with Crippen LogP contribution in [0.5, 0.6) is 5.75 Å². The molecule has 0 radical (unpaired) electrons. The third-order valence-electron chi connectivity index (χ3n) is 3.97. The molecule has 0 aliphatic heterocycles. The monoisotopic (exact) mass is 409 g/mol. The molecule has 3 aromatic rings. The Hall–Kier alpha value is -2.16. The lowest BCUT2D eigenvalue weighted by atomic mass is 10.3. The van der Waals surface area contributed by atoms with Crippen LogP contribution >= 0.6 is 11.3 Å². The molecule has 0 aliphatic carbocycles. The molecule has 0 atom stereocenters. The summed E-state index contributed by atoms with van der Waals surface area (Å²) in [5.41, 5.74) is 0.733. The molecule has 144 valence electrons. The van der Waals surface area contributed by atoms with E-state index in [9.17, 15) is 12.8 Å². The number of rotatable bonds is 9. The second kappa shape index (κ2) is 8.69. The largest absolute Gasteiger partial charge is 0.491 e. The van der Waals surface area contributed by atoms with E-state index in [0.717, 1.165) is 16.5 Å². The van der Waals surface area contributed by atoms with Crippen LogP contribution < -0.4 is 4.74 Å². The minimum atomic E-state index is -3.88. The van der Waals surface area contributed by atoms with E-state index in [-0.39, 0.29) is 23.7 Å². The highest BCUT2D eigenvalue weighted by Crippen LogP contribution is 2.25. The highest BCUT2D eigenvalue weighted by Gasteiger charge is 2.26. The van der Waals surface area contributed by atoms with Crippen molar-refractivity contribution in [3.8, 4) is 5.75 Å². The third-order valence-corrected chi connectivity index (χ3v) is 6.75. The first-order valence-electron chi connectivity index (χ1n) is 8.46. The minimum absolute atomic E-state index is 0.0384. The molecule has 3 rings (SSSR count). The van der Waals surface area contributed by atoms with Crippen LogP contribution in [-0.2, 0) is 23.0 Å². The number of benzene rings is 1. The van der Waals surface area contributed by atoms with Crippen LogP contribution in [0.3, 0.4) is 0 Å². The zero-order valence-electron chi connectivity index (χ0n) is 14.8. The molecular weight excluding hydrogens is 389 g/mol. The van der Waals surface area contributed by atoms with E-state index in [1.807, 2.05) is 17.5 Å². The Labute approximate surface area is 162 Å². The summed E-state index contributed by atoms with van der Waals surface area (Å²) >= 11 is 1.57. The van der Waals surface area contributed by atoms with E-state index in [4.69, 9.17) is 9.15 Å². The van der Waals surface area contributed by atoms with Gasteiger partial charge in [-0.1, -0.05) is 6.07 Å². The fraction of sp³-hybridized carbons (Fsp3) is 0.263. The van der Waals surface area contributed by atoms with Crippen molar-refractivity contribution in [1.82, 2.24) is 4.31 Å². The molecule has 0 aliphatic rings. The Morgan fingerprint density at radius 1 is 1.26 bits per heavy atom. The molecule has 0 saturated heterocycles. The van der Waals surface area contributed by atoms with Crippen molar-refractivity contribution >= 4 is 21.4 Å². The summed E-state index contributed by atoms with van der Waals surface area (Å²) in [4.78, 5) is 0.985. The highest BCUT2D eigenvalue weighted by atomic mass is 32.2. The average molecular weight is 410 g/mol. The Morgan fingerprint density at radius 2 is 2.11 bits per heavy atom. The number of hydrogen-bond donors (Lipinski definition) is 0. The summed E-state index contributed by atoms with van der Waals surface area (Å²) in [5, 5.41) is 1.95. The molecule has 0 N–H and O–H groups in total. The standard InChI is InChI=1S/C19H20FNO4S2/c1-2-25-19-6-5-17(12-18(19)20)27(22,23)21(13-15-8-10-24-14-15)9-7-16-4-3-11-26-16/h3-6,8,10-12,14H,2,7,9,13H2,1H3. The molecule has 0 spiro atoms. The maximum atomic E-state index is 14.2. The Kier molecular flexibility index (Phi) is 6.30. The van der Waals surface area contributed by atoms with Crippen LogP contribution in [-0.4, -0.2) is 25.9 Å². The highest BCUT2D eigenvalue weighted by molar-refractivity contribution is 7.89. The second-order valence-corrected chi connectivity index (χ2v) is 8.79. The van der Waals surface area contributed by atoms with Gasteiger partial charge in [-0.2, -0.15) is 4.31 Å². The van der Waals surface area contributed by atoms with Gasteiger partial charge in [0, 0.05) is 23.5 Å². The van der Waals surface area contributed by atoms with Gasteiger partial charge < -0.3 is 9.15 Å². The summed E-state index contributed by atoms with van der Waals surface area (Å²) < 4.78 is 52.0. The van der Waals surface area contributed by atoms with Gasteiger partial charge in [-0.25, -0.2) is 12.8 Å². The van der Waals surface area contributed by atoms with Crippen LogP contribution in [0.2, 0.25) is 0 Å². The first-order valence-corrected chi connectivity index (χ1v) is 10.8. The van der Waals surface area contributed by atoms with Gasteiger partial charge in [-0.3, -0.25) is 0 Å². The summed E-state index contributed by atoms with van der Waals surface area (Å²) in [6, 6.07) is 9.33. The molecule has 27 heavy (non-hydrogen) atoms. The van der Waals surface area contributed by atoms with Gasteiger partial charge in [-0.05, 0) is 49.1 Å². The van der Waals surface area contributed by atoms with Gasteiger partial charge in [0.1, 0.15) is 0 Å². The smallest absolute Gasteiger partial charge is 0.243 e. The number of thiophene rings is 1. The second-order valence-electron chi connectivity index (χ2n) is 5.82. The lowest BCUT2D eigenvalue weighted by Gasteiger charge is -2.22. The van der Waals surface area contributed by atoms with Crippen LogP contribution in [0.25, 0.3) is 0 Å².